The van der Waals surface area contributed by atoms with Crippen molar-refractivity contribution in [3.63, 3.8) is 0 Å². The number of amides is 1. The van der Waals surface area contributed by atoms with Crippen molar-refractivity contribution in [3.8, 4) is 6.07 Å². The predicted molar refractivity (Wildman–Crippen MR) is 81.0 cm³/mol. The summed E-state index contributed by atoms with van der Waals surface area (Å²) in [5.41, 5.74) is 1.30. The van der Waals surface area contributed by atoms with Gasteiger partial charge in [0.15, 0.2) is 6.04 Å². The third-order valence-electron chi connectivity index (χ3n) is 4.16. The summed E-state index contributed by atoms with van der Waals surface area (Å²) in [6.45, 7) is 2.99. The van der Waals surface area contributed by atoms with Crippen molar-refractivity contribution in [1.82, 2.24) is 4.90 Å². The maximum Gasteiger partial charge on any atom is 0.411 e. The Morgan fingerprint density at radius 2 is 2.04 bits per heavy atom. The monoisotopic (exact) mass is 340 g/mol. The van der Waals surface area contributed by atoms with Crippen molar-refractivity contribution in [3.05, 3.63) is 35.4 Å². The van der Waals surface area contributed by atoms with Gasteiger partial charge in [0.05, 0.1) is 24.3 Å². The molecule has 24 heavy (non-hydrogen) atoms. The minimum atomic E-state index is -4.52. The Labute approximate surface area is 138 Å². The molecule has 0 N–H and O–H groups in total. The highest BCUT2D eigenvalue weighted by Gasteiger charge is 2.51. The zero-order valence-electron chi connectivity index (χ0n) is 13.5. The van der Waals surface area contributed by atoms with Crippen molar-refractivity contribution < 1.29 is 22.7 Å². The number of nitrogens with zero attached hydrogens (tertiary/aromatic N) is 2. The van der Waals surface area contributed by atoms with Crippen LogP contribution in [0.3, 0.4) is 0 Å². The number of rotatable bonds is 3. The number of morpholine rings is 1. The quantitative estimate of drug-likeness (QED) is 0.850. The Morgan fingerprint density at radius 1 is 1.42 bits per heavy atom. The zero-order valence-corrected chi connectivity index (χ0v) is 13.5. The van der Waals surface area contributed by atoms with Crippen LogP contribution in [-0.4, -0.2) is 42.3 Å². The number of alkyl halides is 3. The molecule has 1 aliphatic heterocycles. The van der Waals surface area contributed by atoms with Gasteiger partial charge in [0.25, 0.3) is 0 Å². The molecule has 1 unspecified atom stereocenters. The Kier molecular flexibility index (Phi) is 5.50. The van der Waals surface area contributed by atoms with Crippen molar-refractivity contribution in [2.45, 2.75) is 38.6 Å². The molecule has 1 heterocycles. The third-order valence-corrected chi connectivity index (χ3v) is 4.16. The molecule has 1 saturated heterocycles. The van der Waals surface area contributed by atoms with Gasteiger partial charge >= 0.3 is 6.18 Å². The van der Waals surface area contributed by atoms with Gasteiger partial charge in [0.1, 0.15) is 0 Å². The Hall–Kier alpha value is -2.07. The van der Waals surface area contributed by atoms with E-state index in [0.29, 0.717) is 12.0 Å². The molecule has 2 rings (SSSR count). The van der Waals surface area contributed by atoms with Crippen LogP contribution >= 0.6 is 0 Å². The third kappa shape index (κ3) is 4.06. The molecule has 1 aromatic carbocycles. The van der Waals surface area contributed by atoms with E-state index < -0.39 is 30.1 Å². The average Bonchev–Trinajstić information content (AvgIpc) is 2.53. The lowest BCUT2D eigenvalue weighted by Gasteiger charge is -2.41. The number of nitriles is 1. The highest BCUT2D eigenvalue weighted by molar-refractivity contribution is 5.79. The summed E-state index contributed by atoms with van der Waals surface area (Å²) in [6.07, 6.45) is -5.28. The molecule has 1 fully saturated rings. The van der Waals surface area contributed by atoms with Crippen LogP contribution in [0, 0.1) is 17.2 Å². The summed E-state index contributed by atoms with van der Waals surface area (Å²) < 4.78 is 44.9. The van der Waals surface area contributed by atoms with Gasteiger partial charge in [0, 0.05) is 12.5 Å². The van der Waals surface area contributed by atoms with E-state index in [1.54, 1.807) is 31.2 Å². The van der Waals surface area contributed by atoms with Gasteiger partial charge in [-0.2, -0.15) is 18.4 Å². The molecule has 0 aliphatic carbocycles. The highest BCUT2D eigenvalue weighted by atomic mass is 19.4. The van der Waals surface area contributed by atoms with Crippen LogP contribution in [0.4, 0.5) is 13.2 Å². The van der Waals surface area contributed by atoms with Crippen LogP contribution in [0.25, 0.3) is 0 Å². The van der Waals surface area contributed by atoms with E-state index in [4.69, 9.17) is 10.00 Å². The summed E-state index contributed by atoms with van der Waals surface area (Å²) in [6, 6.07) is 6.76. The van der Waals surface area contributed by atoms with Crippen molar-refractivity contribution >= 4 is 5.91 Å². The van der Waals surface area contributed by atoms with E-state index >= 15 is 0 Å². The molecule has 0 aromatic heterocycles. The molecule has 0 saturated carbocycles. The first kappa shape index (κ1) is 18.3. The van der Waals surface area contributed by atoms with Crippen LogP contribution in [0.15, 0.2) is 24.3 Å². The fraction of sp³-hybridized carbons (Fsp3) is 0.529. The fourth-order valence-electron chi connectivity index (χ4n) is 2.95. The molecule has 0 radical (unpaired) electrons. The molecule has 0 bridgehead atoms. The second kappa shape index (κ2) is 7.22. The normalized spacial score (nSPS) is 22.8. The van der Waals surface area contributed by atoms with Gasteiger partial charge < -0.3 is 9.64 Å². The Morgan fingerprint density at radius 3 is 2.58 bits per heavy atom. The Bertz CT molecular complexity index is 622. The molecule has 3 atom stereocenters. The maximum atomic E-state index is 13.3. The van der Waals surface area contributed by atoms with Crippen LogP contribution in [-0.2, 0) is 16.0 Å². The first-order valence-electron chi connectivity index (χ1n) is 7.72. The van der Waals surface area contributed by atoms with Crippen molar-refractivity contribution in [1.29, 1.82) is 5.26 Å². The van der Waals surface area contributed by atoms with Gasteiger partial charge in [0.2, 0.25) is 5.91 Å². The first-order chi connectivity index (χ1) is 11.2. The smallest absolute Gasteiger partial charge is 0.374 e. The summed E-state index contributed by atoms with van der Waals surface area (Å²) in [5, 5.41) is 8.77. The van der Waals surface area contributed by atoms with Crippen molar-refractivity contribution in [2.75, 3.05) is 13.2 Å². The number of hydrogen-bond acceptors (Lipinski definition) is 3. The maximum absolute atomic E-state index is 13.3. The van der Waals surface area contributed by atoms with Crippen LogP contribution < -0.4 is 0 Å². The second-order valence-electron chi connectivity index (χ2n) is 6.01. The van der Waals surface area contributed by atoms with Gasteiger partial charge in [-0.25, -0.2) is 0 Å². The zero-order chi connectivity index (χ0) is 17.9. The molecular formula is C17H19F3N2O2. The molecule has 1 aromatic rings. The average molecular weight is 340 g/mol. The highest BCUT2D eigenvalue weighted by Crippen LogP contribution is 2.32. The van der Waals surface area contributed by atoms with Crippen LogP contribution in [0.2, 0.25) is 0 Å². The molecule has 1 amide bonds. The fourth-order valence-corrected chi connectivity index (χ4v) is 2.95. The van der Waals surface area contributed by atoms with Gasteiger partial charge in [-0.05, 0) is 31.0 Å². The van der Waals surface area contributed by atoms with E-state index in [1.165, 1.54) is 6.92 Å². The van der Waals surface area contributed by atoms with E-state index in [-0.39, 0.29) is 13.2 Å². The number of ether oxygens (including phenoxy) is 1. The Balaban J connectivity index is 2.11. The van der Waals surface area contributed by atoms with Gasteiger partial charge in [-0.15, -0.1) is 0 Å². The lowest BCUT2D eigenvalue weighted by Crippen LogP contribution is -2.60. The predicted octanol–water partition coefficient (Wildman–Crippen LogP) is 2.92. The number of carbonyl (C=O) groups excluding carboxylic acids is 1. The molecule has 1 aliphatic rings. The van der Waals surface area contributed by atoms with Gasteiger partial charge in [-0.3, -0.25) is 4.79 Å². The van der Waals surface area contributed by atoms with E-state index in [9.17, 15) is 18.0 Å². The largest absolute Gasteiger partial charge is 0.411 e. The number of carbonyl (C=O) groups is 1. The number of hydrogen-bond donors (Lipinski definition) is 0. The minimum absolute atomic E-state index is 0.0644. The first-order valence-corrected chi connectivity index (χ1v) is 7.72. The van der Waals surface area contributed by atoms with E-state index in [0.717, 1.165) is 10.5 Å². The number of halogens is 3. The summed E-state index contributed by atoms with van der Waals surface area (Å²) in [7, 11) is 0. The van der Waals surface area contributed by atoms with Crippen LogP contribution in [0.1, 0.15) is 25.0 Å². The SMILES string of the molecule is CC(Cc1ccc(C#N)cc1)C(=O)N1CCO[C@@H](C)[C@H]1C(F)(F)F. The van der Waals surface area contributed by atoms with E-state index in [2.05, 4.69) is 0 Å². The molecule has 130 valence electrons. The minimum Gasteiger partial charge on any atom is -0.374 e. The standard InChI is InChI=1S/C17H19F3N2O2/c1-11(9-13-3-5-14(10-21)6-4-13)16(23)22-7-8-24-12(2)15(22)17(18,19)20/h3-6,11-12,15H,7-9H2,1-2H3/t11?,12-,15-/m0/s1. The lowest BCUT2D eigenvalue weighted by molar-refractivity contribution is -0.231. The molecule has 0 spiro atoms. The van der Waals surface area contributed by atoms with E-state index in [1.807, 2.05) is 6.07 Å². The summed E-state index contributed by atoms with van der Waals surface area (Å²) in [5.74, 6) is -1.12. The lowest BCUT2D eigenvalue weighted by atomic mass is 9.97. The molecular weight excluding hydrogens is 321 g/mol. The van der Waals surface area contributed by atoms with Crippen molar-refractivity contribution in [2.24, 2.45) is 5.92 Å². The molecule has 4 nitrogen and oxygen atoms in total. The van der Waals surface area contributed by atoms with Gasteiger partial charge in [-0.1, -0.05) is 19.1 Å². The second-order valence-corrected chi connectivity index (χ2v) is 6.01. The number of benzene rings is 1. The van der Waals surface area contributed by atoms with Crippen LogP contribution in [0.5, 0.6) is 0 Å². The summed E-state index contributed by atoms with van der Waals surface area (Å²) >= 11 is 0. The molecule has 7 heteroatoms. The topological polar surface area (TPSA) is 53.3 Å². The summed E-state index contributed by atoms with van der Waals surface area (Å²) in [4.78, 5) is 13.4.